The van der Waals surface area contributed by atoms with Gasteiger partial charge in [0.05, 0.1) is 4.90 Å². The Labute approximate surface area is 164 Å². The number of hydrogen-bond acceptors (Lipinski definition) is 6. The van der Waals surface area contributed by atoms with Crippen molar-refractivity contribution in [1.82, 2.24) is 5.32 Å². The minimum atomic E-state index is -3.41. The van der Waals surface area contributed by atoms with E-state index >= 15 is 0 Å². The van der Waals surface area contributed by atoms with Crippen LogP contribution in [0.1, 0.15) is 46.0 Å². The van der Waals surface area contributed by atoms with E-state index in [1.54, 1.807) is 26.0 Å². The number of aryl methyl sites for hydroxylation is 2. The Morgan fingerprint density at radius 3 is 2.57 bits per heavy atom. The number of carbonyl (C=O) groups excluding carboxylic acids is 1. The molecule has 1 aliphatic heterocycles. The number of carbonyl (C=O) groups is 1. The summed E-state index contributed by atoms with van der Waals surface area (Å²) in [6.07, 6.45) is 3.03. The van der Waals surface area contributed by atoms with Crippen molar-refractivity contribution in [3.8, 4) is 0 Å². The summed E-state index contributed by atoms with van der Waals surface area (Å²) in [7, 11) is -3.41. The topological polar surface area (TPSA) is 105 Å². The second kappa shape index (κ2) is 7.89. The molecule has 1 unspecified atom stereocenters. The van der Waals surface area contributed by atoms with Gasteiger partial charge in [-0.2, -0.15) is 0 Å². The van der Waals surface area contributed by atoms with Crippen LogP contribution in [0.3, 0.4) is 0 Å². The lowest BCUT2D eigenvalue weighted by Crippen LogP contribution is -2.30. The van der Waals surface area contributed by atoms with E-state index in [0.717, 1.165) is 32.2 Å². The maximum absolute atomic E-state index is 12.7. The van der Waals surface area contributed by atoms with Crippen LogP contribution >= 0.6 is 0 Å². The van der Waals surface area contributed by atoms with Crippen LogP contribution in [0.4, 0.5) is 5.69 Å². The van der Waals surface area contributed by atoms with Gasteiger partial charge in [-0.1, -0.05) is 6.07 Å². The molecule has 2 aromatic rings. The van der Waals surface area contributed by atoms with Crippen LogP contribution in [0.5, 0.6) is 0 Å². The molecule has 1 amide bonds. The lowest BCUT2D eigenvalue weighted by atomic mass is 9.95. The second-order valence-corrected chi connectivity index (χ2v) is 9.26. The molecule has 1 atom stereocenters. The highest BCUT2D eigenvalue weighted by atomic mass is 32.2. The summed E-state index contributed by atoms with van der Waals surface area (Å²) in [5.74, 6) is 0.0840. The SMILES string of the molecule is Cc1ccc(S(C)(=O)=O)cc1NC(=O)c1c(C)cc(C2CCCNC2)oc1=O. The normalized spacial score (nSPS) is 17.3. The van der Waals surface area contributed by atoms with Crippen molar-refractivity contribution in [1.29, 1.82) is 0 Å². The first kappa shape index (κ1) is 20.3. The van der Waals surface area contributed by atoms with Gasteiger partial charge < -0.3 is 15.1 Å². The molecule has 0 aliphatic carbocycles. The van der Waals surface area contributed by atoms with Crippen LogP contribution in [0.2, 0.25) is 0 Å². The molecule has 150 valence electrons. The van der Waals surface area contributed by atoms with Crippen LogP contribution in [0.15, 0.2) is 38.4 Å². The third kappa shape index (κ3) is 4.34. The van der Waals surface area contributed by atoms with Crippen LogP contribution in [-0.2, 0) is 9.84 Å². The number of hydrogen-bond donors (Lipinski definition) is 2. The maximum Gasteiger partial charge on any atom is 0.349 e. The number of anilines is 1. The molecule has 0 saturated carbocycles. The molecule has 2 N–H and O–H groups in total. The Morgan fingerprint density at radius 2 is 1.96 bits per heavy atom. The largest absolute Gasteiger partial charge is 0.427 e. The highest BCUT2D eigenvalue weighted by Crippen LogP contribution is 2.25. The summed E-state index contributed by atoms with van der Waals surface area (Å²) in [6, 6.07) is 6.22. The highest BCUT2D eigenvalue weighted by Gasteiger charge is 2.23. The molecular formula is C20H24N2O5S. The van der Waals surface area contributed by atoms with Crippen molar-refractivity contribution in [3.05, 3.63) is 57.1 Å². The fourth-order valence-corrected chi connectivity index (χ4v) is 4.00. The molecule has 1 saturated heterocycles. The third-order valence-electron chi connectivity index (χ3n) is 4.98. The zero-order valence-electron chi connectivity index (χ0n) is 16.2. The zero-order chi connectivity index (χ0) is 20.5. The third-order valence-corrected chi connectivity index (χ3v) is 6.09. The first-order chi connectivity index (χ1) is 13.2. The number of piperidine rings is 1. The van der Waals surface area contributed by atoms with Gasteiger partial charge in [-0.25, -0.2) is 13.2 Å². The number of sulfone groups is 1. The van der Waals surface area contributed by atoms with Gasteiger partial charge in [-0.15, -0.1) is 0 Å². The molecule has 0 radical (unpaired) electrons. The standard InChI is InChI=1S/C20H24N2O5S/c1-12-6-7-15(28(3,25)26)10-16(12)22-19(23)18-13(2)9-17(27-20(18)24)14-5-4-8-21-11-14/h6-7,9-10,14,21H,4-5,8,11H2,1-3H3,(H,22,23). The highest BCUT2D eigenvalue weighted by molar-refractivity contribution is 7.90. The van der Waals surface area contributed by atoms with Gasteiger partial charge in [-0.3, -0.25) is 4.79 Å². The monoisotopic (exact) mass is 404 g/mol. The molecule has 0 bridgehead atoms. The van der Waals surface area contributed by atoms with E-state index in [-0.39, 0.29) is 16.4 Å². The average Bonchev–Trinajstić information content (AvgIpc) is 2.62. The van der Waals surface area contributed by atoms with Crippen LogP contribution in [-0.4, -0.2) is 33.7 Å². The van der Waals surface area contributed by atoms with Crippen LogP contribution in [0, 0.1) is 13.8 Å². The maximum atomic E-state index is 12.7. The predicted octanol–water partition coefficient (Wildman–Crippen LogP) is 2.38. The predicted molar refractivity (Wildman–Crippen MR) is 107 cm³/mol. The van der Waals surface area contributed by atoms with Gasteiger partial charge in [0.15, 0.2) is 9.84 Å². The minimum Gasteiger partial charge on any atom is -0.427 e. The lowest BCUT2D eigenvalue weighted by molar-refractivity contribution is 0.102. The van der Waals surface area contributed by atoms with Gasteiger partial charge in [-0.05, 0) is 62.6 Å². The Bertz CT molecular complexity index is 1070. The molecule has 1 aromatic heterocycles. The van der Waals surface area contributed by atoms with Crippen molar-refractivity contribution >= 4 is 21.4 Å². The van der Waals surface area contributed by atoms with Gasteiger partial charge in [0, 0.05) is 24.4 Å². The smallest absolute Gasteiger partial charge is 0.349 e. The Hall–Kier alpha value is -2.45. The molecule has 1 aromatic carbocycles. The summed E-state index contributed by atoms with van der Waals surface area (Å²) in [6.45, 7) is 5.14. The number of nitrogens with one attached hydrogen (secondary N) is 2. The molecule has 1 fully saturated rings. The number of rotatable bonds is 4. The van der Waals surface area contributed by atoms with Crippen molar-refractivity contribution in [2.75, 3.05) is 24.7 Å². The van der Waals surface area contributed by atoms with Crippen molar-refractivity contribution in [2.24, 2.45) is 0 Å². The molecule has 0 spiro atoms. The number of amides is 1. The molecule has 3 rings (SSSR count). The van der Waals surface area contributed by atoms with E-state index in [0.29, 0.717) is 22.6 Å². The van der Waals surface area contributed by atoms with Gasteiger partial charge >= 0.3 is 5.63 Å². The van der Waals surface area contributed by atoms with Crippen molar-refractivity contribution < 1.29 is 17.6 Å². The van der Waals surface area contributed by atoms with Crippen LogP contribution in [0.25, 0.3) is 0 Å². The fraction of sp³-hybridized carbons (Fsp3) is 0.400. The lowest BCUT2D eigenvalue weighted by Gasteiger charge is -2.22. The molecule has 2 heterocycles. The summed E-state index contributed by atoms with van der Waals surface area (Å²) >= 11 is 0. The molecule has 28 heavy (non-hydrogen) atoms. The number of benzene rings is 1. The fourth-order valence-electron chi connectivity index (χ4n) is 3.35. The Balaban J connectivity index is 1.90. The molecule has 8 heteroatoms. The summed E-state index contributed by atoms with van der Waals surface area (Å²) in [4.78, 5) is 25.3. The second-order valence-electron chi connectivity index (χ2n) is 7.24. The summed E-state index contributed by atoms with van der Waals surface area (Å²) < 4.78 is 29.0. The quantitative estimate of drug-likeness (QED) is 0.811. The first-order valence-corrected chi connectivity index (χ1v) is 11.0. The van der Waals surface area contributed by atoms with E-state index in [4.69, 9.17) is 4.42 Å². The average molecular weight is 404 g/mol. The molecule has 1 aliphatic rings. The van der Waals surface area contributed by atoms with Gasteiger partial charge in [0.2, 0.25) is 0 Å². The zero-order valence-corrected chi connectivity index (χ0v) is 17.0. The Morgan fingerprint density at radius 1 is 1.21 bits per heavy atom. The van der Waals surface area contributed by atoms with Crippen LogP contribution < -0.4 is 16.3 Å². The summed E-state index contributed by atoms with van der Waals surface area (Å²) in [5.41, 5.74) is 0.804. The first-order valence-electron chi connectivity index (χ1n) is 9.14. The van der Waals surface area contributed by atoms with E-state index in [2.05, 4.69) is 10.6 Å². The molecule has 7 nitrogen and oxygen atoms in total. The van der Waals surface area contributed by atoms with E-state index in [9.17, 15) is 18.0 Å². The van der Waals surface area contributed by atoms with Gasteiger partial charge in [0.25, 0.3) is 5.91 Å². The summed E-state index contributed by atoms with van der Waals surface area (Å²) in [5, 5.41) is 5.92. The molecular weight excluding hydrogens is 380 g/mol. The van der Waals surface area contributed by atoms with Gasteiger partial charge in [0.1, 0.15) is 11.3 Å². The van der Waals surface area contributed by atoms with E-state index in [1.807, 2.05) is 0 Å². The van der Waals surface area contributed by atoms with Crippen molar-refractivity contribution in [3.63, 3.8) is 0 Å². The van der Waals surface area contributed by atoms with Crippen molar-refractivity contribution in [2.45, 2.75) is 37.5 Å². The minimum absolute atomic E-state index is 0.0725. The van der Waals surface area contributed by atoms with E-state index < -0.39 is 21.4 Å². The Kier molecular flexibility index (Phi) is 5.71. The van der Waals surface area contributed by atoms with E-state index in [1.165, 1.54) is 12.1 Å².